The summed E-state index contributed by atoms with van der Waals surface area (Å²) in [6, 6.07) is 5.43. The van der Waals surface area contributed by atoms with Crippen molar-refractivity contribution in [3.8, 4) is 23.0 Å². The Morgan fingerprint density at radius 2 is 1.89 bits per heavy atom. The first-order valence-electron chi connectivity index (χ1n) is 11.3. The molecule has 1 saturated heterocycles. The third kappa shape index (κ3) is 4.11. The Labute approximate surface area is 205 Å². The highest BCUT2D eigenvalue weighted by atomic mass is 16.3. The van der Waals surface area contributed by atoms with Gasteiger partial charge in [0.25, 0.3) is 5.91 Å². The number of carbonyl (C=O) groups excluding carboxylic acids is 2. The lowest BCUT2D eigenvalue weighted by molar-refractivity contribution is -0.127. The van der Waals surface area contributed by atoms with Crippen LogP contribution in [0, 0.1) is 0 Å². The summed E-state index contributed by atoms with van der Waals surface area (Å²) >= 11 is 0. The molecule has 0 aliphatic carbocycles. The zero-order valence-corrected chi connectivity index (χ0v) is 19.2. The standard InChI is InChI=1S/C25H23N7O4/c1-2-21(35)31-7-3-4-16(14-31)32-23-19(10-18(34)11-20(23)24(26)36)22(29-32)15-12-27-25(28-13-15)30-8-5-17(33)6-9-30/h2,5-6,8-13,16,34H,1,3-4,7,14H2,(H2,26,36)/t16-/m1/s1. The van der Waals surface area contributed by atoms with Crippen molar-refractivity contribution in [3.63, 3.8) is 0 Å². The van der Waals surface area contributed by atoms with E-state index < -0.39 is 5.91 Å². The molecular formula is C25H23N7O4. The van der Waals surface area contributed by atoms with Gasteiger partial charge in [-0.2, -0.15) is 5.10 Å². The zero-order chi connectivity index (χ0) is 25.4. The van der Waals surface area contributed by atoms with Gasteiger partial charge in [-0.3, -0.25) is 23.6 Å². The molecule has 0 unspecified atom stereocenters. The second kappa shape index (κ2) is 9.10. The molecule has 0 saturated carbocycles. The minimum absolute atomic E-state index is 0.124. The molecule has 3 aromatic heterocycles. The minimum atomic E-state index is -0.705. The highest BCUT2D eigenvalue weighted by Crippen LogP contribution is 2.36. The van der Waals surface area contributed by atoms with Gasteiger partial charge in [-0.1, -0.05) is 6.58 Å². The summed E-state index contributed by atoms with van der Waals surface area (Å²) in [6.45, 7) is 4.57. The molecule has 1 aliphatic heterocycles. The molecule has 4 heterocycles. The van der Waals surface area contributed by atoms with E-state index in [0.29, 0.717) is 41.2 Å². The van der Waals surface area contributed by atoms with Gasteiger partial charge in [-0.25, -0.2) is 9.97 Å². The van der Waals surface area contributed by atoms with Gasteiger partial charge in [0, 0.05) is 61.0 Å². The number of benzene rings is 1. The van der Waals surface area contributed by atoms with Crippen LogP contribution >= 0.6 is 0 Å². The molecule has 36 heavy (non-hydrogen) atoms. The lowest BCUT2D eigenvalue weighted by Crippen LogP contribution is -2.40. The van der Waals surface area contributed by atoms with Crippen molar-refractivity contribution in [2.75, 3.05) is 13.1 Å². The van der Waals surface area contributed by atoms with E-state index in [1.807, 2.05) is 0 Å². The number of likely N-dealkylation sites (tertiary alicyclic amines) is 1. The molecule has 1 atom stereocenters. The molecule has 182 valence electrons. The molecular weight excluding hydrogens is 462 g/mol. The molecule has 0 spiro atoms. The van der Waals surface area contributed by atoms with Crippen molar-refractivity contribution in [1.82, 2.24) is 29.2 Å². The fraction of sp³-hybridized carbons (Fsp3) is 0.200. The molecule has 1 aliphatic rings. The number of piperidine rings is 1. The number of nitrogens with zero attached hydrogens (tertiary/aromatic N) is 6. The van der Waals surface area contributed by atoms with Crippen molar-refractivity contribution in [2.24, 2.45) is 5.73 Å². The molecule has 11 heteroatoms. The first-order chi connectivity index (χ1) is 17.4. The largest absolute Gasteiger partial charge is 0.508 e. The molecule has 11 nitrogen and oxygen atoms in total. The monoisotopic (exact) mass is 485 g/mol. The third-order valence-corrected chi connectivity index (χ3v) is 6.22. The highest BCUT2D eigenvalue weighted by molar-refractivity contribution is 6.09. The molecule has 1 aromatic carbocycles. The number of carbonyl (C=O) groups is 2. The lowest BCUT2D eigenvalue weighted by Gasteiger charge is -2.32. The molecule has 4 aromatic rings. The van der Waals surface area contributed by atoms with Crippen LogP contribution in [0.2, 0.25) is 0 Å². The predicted molar refractivity (Wildman–Crippen MR) is 132 cm³/mol. The van der Waals surface area contributed by atoms with Crippen LogP contribution in [0.25, 0.3) is 28.1 Å². The van der Waals surface area contributed by atoms with Crippen molar-refractivity contribution in [3.05, 3.63) is 77.5 Å². The summed E-state index contributed by atoms with van der Waals surface area (Å²) in [5.74, 6) is -0.650. The maximum atomic E-state index is 12.3. The van der Waals surface area contributed by atoms with Gasteiger partial charge in [0.2, 0.25) is 11.9 Å². The van der Waals surface area contributed by atoms with Gasteiger partial charge in [0.15, 0.2) is 5.43 Å². The first kappa shape index (κ1) is 23.0. The van der Waals surface area contributed by atoms with E-state index in [1.165, 1.54) is 30.3 Å². The average molecular weight is 486 g/mol. The van der Waals surface area contributed by atoms with Crippen LogP contribution < -0.4 is 11.2 Å². The van der Waals surface area contributed by atoms with Gasteiger partial charge in [-0.15, -0.1) is 0 Å². The number of phenols is 1. The number of hydrogen-bond donors (Lipinski definition) is 2. The maximum Gasteiger partial charge on any atom is 0.251 e. The summed E-state index contributed by atoms with van der Waals surface area (Å²) in [7, 11) is 0. The smallest absolute Gasteiger partial charge is 0.251 e. The van der Waals surface area contributed by atoms with Crippen LogP contribution in [0.1, 0.15) is 29.2 Å². The Kier molecular flexibility index (Phi) is 5.80. The molecule has 2 amide bonds. The van der Waals surface area contributed by atoms with Gasteiger partial charge in [0.1, 0.15) is 11.4 Å². The number of primary amides is 1. The molecule has 1 fully saturated rings. The van der Waals surface area contributed by atoms with Crippen LogP contribution in [0.5, 0.6) is 5.75 Å². The molecule has 0 radical (unpaired) electrons. The van der Waals surface area contributed by atoms with Crippen molar-refractivity contribution in [1.29, 1.82) is 0 Å². The number of amides is 2. The van der Waals surface area contributed by atoms with Crippen molar-refractivity contribution < 1.29 is 14.7 Å². The SMILES string of the molecule is C=CC(=O)N1CCC[C@@H](n2nc(-c3cnc(-n4ccc(=O)cc4)nc3)c3cc(O)cc(C(N)=O)c32)C1. The van der Waals surface area contributed by atoms with Crippen LogP contribution in [0.4, 0.5) is 0 Å². The zero-order valence-electron chi connectivity index (χ0n) is 19.2. The third-order valence-electron chi connectivity index (χ3n) is 6.22. The van der Waals surface area contributed by atoms with Gasteiger partial charge < -0.3 is 15.7 Å². The maximum absolute atomic E-state index is 12.3. The second-order valence-corrected chi connectivity index (χ2v) is 8.54. The topological polar surface area (TPSA) is 149 Å². The Morgan fingerprint density at radius 1 is 1.17 bits per heavy atom. The highest BCUT2D eigenvalue weighted by Gasteiger charge is 2.29. The Bertz CT molecular complexity index is 1530. The average Bonchev–Trinajstić information content (AvgIpc) is 3.27. The molecule has 0 bridgehead atoms. The predicted octanol–water partition coefficient (Wildman–Crippen LogP) is 1.80. The number of aromatic nitrogens is 5. The Balaban J connectivity index is 1.63. The minimum Gasteiger partial charge on any atom is -0.508 e. The summed E-state index contributed by atoms with van der Waals surface area (Å²) in [4.78, 5) is 46.5. The van der Waals surface area contributed by atoms with E-state index in [1.54, 1.807) is 38.9 Å². The summed E-state index contributed by atoms with van der Waals surface area (Å²) in [5.41, 5.74) is 7.16. The fourth-order valence-corrected chi connectivity index (χ4v) is 4.53. The number of pyridine rings is 1. The molecule has 5 rings (SSSR count). The normalized spacial score (nSPS) is 15.7. The quantitative estimate of drug-likeness (QED) is 0.409. The summed E-state index contributed by atoms with van der Waals surface area (Å²) in [5, 5.41) is 15.7. The Morgan fingerprint density at radius 3 is 2.56 bits per heavy atom. The lowest BCUT2D eigenvalue weighted by atomic mass is 10.0. The number of fused-ring (bicyclic) bond motifs is 1. The fourth-order valence-electron chi connectivity index (χ4n) is 4.53. The first-order valence-corrected chi connectivity index (χ1v) is 11.3. The van der Waals surface area contributed by atoms with Crippen molar-refractivity contribution in [2.45, 2.75) is 18.9 Å². The number of rotatable bonds is 5. The van der Waals surface area contributed by atoms with Gasteiger partial charge in [0.05, 0.1) is 17.1 Å². The second-order valence-electron chi connectivity index (χ2n) is 8.54. The summed E-state index contributed by atoms with van der Waals surface area (Å²) < 4.78 is 3.31. The van der Waals surface area contributed by atoms with E-state index >= 15 is 0 Å². The number of phenolic OH excluding ortho intramolecular Hbond substituents is 1. The van der Waals surface area contributed by atoms with Crippen LogP contribution in [0.15, 0.2) is 66.5 Å². The molecule has 3 N–H and O–H groups in total. The van der Waals surface area contributed by atoms with Gasteiger partial charge in [-0.05, 0) is 31.1 Å². The van der Waals surface area contributed by atoms with E-state index in [2.05, 4.69) is 16.5 Å². The van der Waals surface area contributed by atoms with E-state index in [4.69, 9.17) is 10.8 Å². The van der Waals surface area contributed by atoms with Crippen LogP contribution in [-0.2, 0) is 4.79 Å². The number of hydrogen-bond acceptors (Lipinski definition) is 7. The van der Waals surface area contributed by atoms with E-state index in [0.717, 1.165) is 12.8 Å². The van der Waals surface area contributed by atoms with E-state index in [9.17, 15) is 19.5 Å². The number of aromatic hydroxyl groups is 1. The van der Waals surface area contributed by atoms with Gasteiger partial charge >= 0.3 is 0 Å². The summed E-state index contributed by atoms with van der Waals surface area (Å²) in [6.07, 6.45) is 9.06. The number of nitrogens with two attached hydrogens (primary N) is 1. The Hall–Kier alpha value is -4.80. The van der Waals surface area contributed by atoms with Crippen LogP contribution in [-0.4, -0.2) is 59.2 Å². The van der Waals surface area contributed by atoms with E-state index in [-0.39, 0.29) is 28.7 Å². The van der Waals surface area contributed by atoms with Crippen LogP contribution in [0.3, 0.4) is 0 Å². The van der Waals surface area contributed by atoms with Crippen molar-refractivity contribution >= 4 is 22.7 Å².